The van der Waals surface area contributed by atoms with Gasteiger partial charge in [0.1, 0.15) is 0 Å². The summed E-state index contributed by atoms with van der Waals surface area (Å²) in [6.45, 7) is 3.79. The minimum absolute atomic E-state index is 0.353. The molecule has 0 aliphatic heterocycles. The lowest BCUT2D eigenvalue weighted by atomic mass is 9.88. The molecule has 1 unspecified atom stereocenters. The van der Waals surface area contributed by atoms with Gasteiger partial charge < -0.3 is 4.74 Å². The van der Waals surface area contributed by atoms with Crippen LogP contribution in [0.1, 0.15) is 17.5 Å². The normalized spacial score (nSPS) is 13.4. The Morgan fingerprint density at radius 1 is 1.25 bits per heavy atom. The first-order valence-electron chi connectivity index (χ1n) is 7.64. The van der Waals surface area contributed by atoms with Crippen molar-refractivity contribution in [1.82, 2.24) is 0 Å². The van der Waals surface area contributed by atoms with Gasteiger partial charge in [0.15, 0.2) is 5.54 Å². The van der Waals surface area contributed by atoms with Crippen LogP contribution in [0.15, 0.2) is 72.2 Å². The largest absolute Gasteiger partial charge is 0.467 e. The van der Waals surface area contributed by atoms with E-state index in [9.17, 15) is 4.79 Å². The zero-order valence-electron chi connectivity index (χ0n) is 13.6. The van der Waals surface area contributed by atoms with Crippen molar-refractivity contribution < 1.29 is 9.53 Å². The number of methoxy groups -OCH3 is 1. The number of carbonyl (C=O) groups excluding carboxylic acids is 1. The number of aliphatic imine (C=N–C) groups is 1. The predicted molar refractivity (Wildman–Crippen MR) is 106 cm³/mol. The number of halogens is 1. The topological polar surface area (TPSA) is 38.7 Å². The first-order valence-corrected chi connectivity index (χ1v) is 8.71. The Hall–Kier alpha value is -1.95. The average Bonchev–Trinajstić information content (AvgIpc) is 2.60. The van der Waals surface area contributed by atoms with Gasteiger partial charge in [0.25, 0.3) is 0 Å². The lowest BCUT2D eigenvalue weighted by Gasteiger charge is -2.26. The number of benzene rings is 2. The van der Waals surface area contributed by atoms with Crippen molar-refractivity contribution in [3.05, 3.63) is 81.9 Å². The van der Waals surface area contributed by atoms with E-state index in [2.05, 4.69) is 40.2 Å². The van der Waals surface area contributed by atoms with E-state index in [4.69, 9.17) is 4.74 Å². The highest BCUT2D eigenvalue weighted by Crippen LogP contribution is 2.25. The van der Waals surface area contributed by atoms with Crippen molar-refractivity contribution in [1.29, 1.82) is 0 Å². The highest BCUT2D eigenvalue weighted by Gasteiger charge is 2.38. The molecule has 0 spiro atoms. The monoisotopic (exact) mass is 433 g/mol. The van der Waals surface area contributed by atoms with Gasteiger partial charge in [-0.05, 0) is 45.9 Å². The van der Waals surface area contributed by atoms with E-state index in [0.29, 0.717) is 12.8 Å². The standard InChI is InChI=1S/C20H20INO2/c1-3-12-20(19(23)24-2,14-17-10-7-11-18(21)13-17)22-15-16-8-5-4-6-9-16/h3-11,13,15H,1,12,14H2,2H3. The molecule has 0 aromatic heterocycles. The summed E-state index contributed by atoms with van der Waals surface area (Å²) in [7, 11) is 1.40. The van der Waals surface area contributed by atoms with Crippen LogP contribution in [0, 0.1) is 3.57 Å². The lowest BCUT2D eigenvalue weighted by Crippen LogP contribution is -2.40. The molecule has 0 saturated heterocycles. The predicted octanol–water partition coefficient (Wildman–Crippen LogP) is 4.44. The minimum Gasteiger partial charge on any atom is -0.467 e. The molecule has 2 aromatic carbocycles. The van der Waals surface area contributed by atoms with Gasteiger partial charge in [-0.3, -0.25) is 4.99 Å². The molecule has 0 aliphatic rings. The van der Waals surface area contributed by atoms with Crippen molar-refractivity contribution in [3.8, 4) is 0 Å². The molecule has 24 heavy (non-hydrogen) atoms. The summed E-state index contributed by atoms with van der Waals surface area (Å²) >= 11 is 2.26. The fourth-order valence-corrected chi connectivity index (χ4v) is 3.14. The number of nitrogens with zero attached hydrogens (tertiary/aromatic N) is 1. The summed E-state index contributed by atoms with van der Waals surface area (Å²) in [5.74, 6) is -0.353. The SMILES string of the molecule is C=CCC(Cc1cccc(I)c1)(N=Cc1ccccc1)C(=O)OC. The summed E-state index contributed by atoms with van der Waals surface area (Å²) in [5, 5.41) is 0. The second-order valence-electron chi connectivity index (χ2n) is 5.49. The maximum atomic E-state index is 12.5. The number of ether oxygens (including phenoxy) is 1. The zero-order chi connectivity index (χ0) is 17.4. The molecule has 2 aromatic rings. The molecule has 0 radical (unpaired) electrons. The summed E-state index contributed by atoms with van der Waals surface area (Å²) in [6, 6.07) is 17.8. The third kappa shape index (κ3) is 4.77. The van der Waals surface area contributed by atoms with Gasteiger partial charge in [0, 0.05) is 22.6 Å². The number of hydrogen-bond donors (Lipinski definition) is 0. The molecule has 1 atom stereocenters. The number of esters is 1. The van der Waals surface area contributed by atoms with Gasteiger partial charge >= 0.3 is 5.97 Å². The second kappa shape index (κ2) is 8.78. The molecular weight excluding hydrogens is 413 g/mol. The molecule has 124 valence electrons. The third-order valence-corrected chi connectivity index (χ3v) is 4.36. The van der Waals surface area contributed by atoms with Crippen LogP contribution in [-0.4, -0.2) is 24.8 Å². The summed E-state index contributed by atoms with van der Waals surface area (Å²) < 4.78 is 6.18. The lowest BCUT2D eigenvalue weighted by molar-refractivity contribution is -0.146. The van der Waals surface area contributed by atoms with Gasteiger partial charge in [-0.25, -0.2) is 4.79 Å². The van der Waals surface area contributed by atoms with Crippen molar-refractivity contribution in [2.45, 2.75) is 18.4 Å². The minimum atomic E-state index is -1.00. The van der Waals surface area contributed by atoms with Gasteiger partial charge in [-0.1, -0.05) is 48.5 Å². The molecule has 0 fully saturated rings. The van der Waals surface area contributed by atoms with Crippen LogP contribution in [0.3, 0.4) is 0 Å². The molecule has 0 N–H and O–H groups in total. The van der Waals surface area contributed by atoms with Gasteiger partial charge in [-0.15, -0.1) is 6.58 Å². The van der Waals surface area contributed by atoms with E-state index in [0.717, 1.165) is 14.7 Å². The van der Waals surface area contributed by atoms with E-state index >= 15 is 0 Å². The van der Waals surface area contributed by atoms with Crippen LogP contribution in [0.2, 0.25) is 0 Å². The first kappa shape index (κ1) is 18.4. The Bertz CT molecular complexity index is 727. The van der Waals surface area contributed by atoms with Crippen molar-refractivity contribution in [3.63, 3.8) is 0 Å². The van der Waals surface area contributed by atoms with Crippen LogP contribution in [-0.2, 0) is 16.0 Å². The molecule has 0 heterocycles. The van der Waals surface area contributed by atoms with Crippen molar-refractivity contribution >= 4 is 34.8 Å². The highest BCUT2D eigenvalue weighted by molar-refractivity contribution is 14.1. The maximum absolute atomic E-state index is 12.5. The van der Waals surface area contributed by atoms with Gasteiger partial charge in [0.05, 0.1) is 7.11 Å². The van der Waals surface area contributed by atoms with Crippen molar-refractivity contribution in [2.75, 3.05) is 7.11 Å². The van der Waals surface area contributed by atoms with Crippen LogP contribution < -0.4 is 0 Å². The Labute approximate surface area is 156 Å². The Kier molecular flexibility index (Phi) is 6.73. The van der Waals surface area contributed by atoms with E-state index in [1.54, 1.807) is 12.3 Å². The molecule has 2 rings (SSSR count). The zero-order valence-corrected chi connectivity index (χ0v) is 15.8. The van der Waals surface area contributed by atoms with Crippen LogP contribution in [0.4, 0.5) is 0 Å². The molecular formula is C20H20INO2. The smallest absolute Gasteiger partial charge is 0.334 e. The molecule has 0 bridgehead atoms. The summed E-state index contributed by atoms with van der Waals surface area (Å²) in [4.78, 5) is 17.2. The molecule has 3 nitrogen and oxygen atoms in total. The fourth-order valence-electron chi connectivity index (χ4n) is 2.53. The third-order valence-electron chi connectivity index (χ3n) is 3.69. The number of carbonyl (C=O) groups is 1. The fraction of sp³-hybridized carbons (Fsp3) is 0.200. The van der Waals surface area contributed by atoms with Crippen molar-refractivity contribution in [2.24, 2.45) is 4.99 Å². The Morgan fingerprint density at radius 2 is 2.00 bits per heavy atom. The van der Waals surface area contributed by atoms with E-state index < -0.39 is 5.54 Å². The molecule has 0 aliphatic carbocycles. The highest BCUT2D eigenvalue weighted by atomic mass is 127. The second-order valence-corrected chi connectivity index (χ2v) is 6.74. The molecule has 0 amide bonds. The Morgan fingerprint density at radius 3 is 2.62 bits per heavy atom. The summed E-state index contributed by atoms with van der Waals surface area (Å²) in [5.41, 5.74) is 0.980. The summed E-state index contributed by atoms with van der Waals surface area (Å²) in [6.07, 6.45) is 4.32. The first-order chi connectivity index (χ1) is 11.6. The number of hydrogen-bond acceptors (Lipinski definition) is 3. The van der Waals surface area contributed by atoms with Crippen LogP contribution >= 0.6 is 22.6 Å². The van der Waals surface area contributed by atoms with E-state index in [-0.39, 0.29) is 5.97 Å². The number of rotatable bonds is 7. The van der Waals surface area contributed by atoms with Crippen LogP contribution in [0.5, 0.6) is 0 Å². The van der Waals surface area contributed by atoms with E-state index in [1.807, 2.05) is 48.5 Å². The van der Waals surface area contributed by atoms with Gasteiger partial charge in [-0.2, -0.15) is 0 Å². The quantitative estimate of drug-likeness (QED) is 0.280. The van der Waals surface area contributed by atoms with Gasteiger partial charge in [0.2, 0.25) is 0 Å². The van der Waals surface area contributed by atoms with E-state index in [1.165, 1.54) is 7.11 Å². The Balaban J connectivity index is 2.40. The van der Waals surface area contributed by atoms with Crippen LogP contribution in [0.25, 0.3) is 0 Å². The average molecular weight is 433 g/mol. The molecule has 4 heteroatoms. The maximum Gasteiger partial charge on any atom is 0.334 e. The molecule has 0 saturated carbocycles.